The summed E-state index contributed by atoms with van der Waals surface area (Å²) >= 11 is 11.9. The smallest absolute Gasteiger partial charge is 0.306 e. The number of carbonyl (C=O) groups is 3. The van der Waals surface area contributed by atoms with E-state index in [1.807, 2.05) is 20.8 Å². The summed E-state index contributed by atoms with van der Waals surface area (Å²) in [6, 6.07) is 4.74. The molecule has 0 saturated heterocycles. The zero-order valence-electron chi connectivity index (χ0n) is 19.3. The van der Waals surface area contributed by atoms with E-state index in [2.05, 4.69) is 20.8 Å². The van der Waals surface area contributed by atoms with E-state index in [9.17, 15) is 14.4 Å². The van der Waals surface area contributed by atoms with Crippen molar-refractivity contribution in [2.75, 3.05) is 17.7 Å². The van der Waals surface area contributed by atoms with Gasteiger partial charge in [0.25, 0.3) is 0 Å². The molecule has 1 saturated carbocycles. The van der Waals surface area contributed by atoms with Gasteiger partial charge in [0, 0.05) is 17.5 Å². The van der Waals surface area contributed by atoms with Crippen LogP contribution in [0.1, 0.15) is 46.5 Å². The Morgan fingerprint density at radius 3 is 2.62 bits per heavy atom. The Bertz CT molecular complexity index is 1020. The molecule has 1 aliphatic rings. The number of hydrogen-bond donors (Lipinski definition) is 1. The lowest BCUT2D eigenvalue weighted by molar-refractivity contribution is -0.155. The van der Waals surface area contributed by atoms with Gasteiger partial charge in [0.1, 0.15) is 24.4 Å². The number of anilines is 1. The summed E-state index contributed by atoms with van der Waals surface area (Å²) in [7, 11) is 0. The van der Waals surface area contributed by atoms with Gasteiger partial charge in [0.15, 0.2) is 0 Å². The number of benzene rings is 1. The number of nitrogens with zero attached hydrogens (tertiary/aromatic N) is 5. The summed E-state index contributed by atoms with van der Waals surface area (Å²) in [5.41, 5.74) is 0.381. The number of aromatic nitrogens is 4. The third kappa shape index (κ3) is 6.89. The molecule has 1 aliphatic carbocycles. The Morgan fingerprint density at radius 1 is 1.26 bits per heavy atom. The molecule has 0 radical (unpaired) electrons. The molecule has 10 nitrogen and oxygen atoms in total. The predicted molar refractivity (Wildman–Crippen MR) is 127 cm³/mol. The van der Waals surface area contributed by atoms with Crippen LogP contribution in [0.2, 0.25) is 5.02 Å². The van der Waals surface area contributed by atoms with Crippen molar-refractivity contribution in [1.29, 1.82) is 0 Å². The normalized spacial score (nSPS) is 17.6. The highest BCUT2D eigenvalue weighted by atomic mass is 35.5. The van der Waals surface area contributed by atoms with E-state index in [1.54, 1.807) is 18.2 Å². The number of nitrogens with one attached hydrogen (secondary N) is 1. The fourth-order valence-electron chi connectivity index (χ4n) is 3.89. The molecular formula is C22H28Cl2N6O4. The Labute approximate surface area is 207 Å². The second-order valence-corrected chi connectivity index (χ2v) is 9.85. The van der Waals surface area contributed by atoms with Gasteiger partial charge in [0.05, 0.1) is 11.4 Å². The number of amides is 2. The van der Waals surface area contributed by atoms with Crippen molar-refractivity contribution in [1.82, 2.24) is 25.1 Å². The lowest BCUT2D eigenvalue weighted by atomic mass is 9.75. The molecule has 3 rings (SSSR count). The Kier molecular flexibility index (Phi) is 8.48. The number of halogens is 2. The monoisotopic (exact) mass is 510 g/mol. The number of ether oxygens (including phenoxy) is 1. The number of hydrogen-bond acceptors (Lipinski definition) is 7. The Balaban J connectivity index is 1.66. The van der Waals surface area contributed by atoms with Crippen molar-refractivity contribution in [2.24, 2.45) is 5.92 Å². The summed E-state index contributed by atoms with van der Waals surface area (Å²) in [5, 5.41) is 14.3. The van der Waals surface area contributed by atoms with E-state index in [-0.39, 0.29) is 42.7 Å². The first-order chi connectivity index (χ1) is 16.1. The molecule has 1 aromatic heterocycles. The second kappa shape index (κ2) is 11.1. The largest absolute Gasteiger partial charge is 0.460 e. The van der Waals surface area contributed by atoms with E-state index in [0.29, 0.717) is 22.8 Å². The molecule has 0 aliphatic heterocycles. The van der Waals surface area contributed by atoms with E-state index < -0.39 is 11.5 Å². The molecule has 12 heteroatoms. The first-order valence-corrected chi connectivity index (χ1v) is 11.9. The molecular weight excluding hydrogens is 483 g/mol. The molecule has 1 aromatic carbocycles. The van der Waals surface area contributed by atoms with Gasteiger partial charge in [0.2, 0.25) is 11.8 Å². The van der Waals surface area contributed by atoms with Crippen LogP contribution in [0.15, 0.2) is 24.5 Å². The fraction of sp³-hybridized carbons (Fsp3) is 0.545. The van der Waals surface area contributed by atoms with Crippen LogP contribution in [-0.2, 0) is 19.1 Å². The average Bonchev–Trinajstić information content (AvgIpc) is 3.25. The third-order valence-corrected chi connectivity index (χ3v) is 5.96. The number of esters is 1. The highest BCUT2D eigenvalue weighted by Gasteiger charge is 2.38. The van der Waals surface area contributed by atoms with Gasteiger partial charge in [-0.15, -0.1) is 16.7 Å². The molecule has 1 N–H and O–H groups in total. The minimum atomic E-state index is -0.545. The van der Waals surface area contributed by atoms with E-state index >= 15 is 0 Å². The van der Waals surface area contributed by atoms with Gasteiger partial charge >= 0.3 is 5.97 Å². The third-order valence-electron chi connectivity index (χ3n) is 5.49. The van der Waals surface area contributed by atoms with Gasteiger partial charge in [-0.3, -0.25) is 14.4 Å². The van der Waals surface area contributed by atoms with Crippen LogP contribution in [0.3, 0.4) is 0 Å². The molecule has 0 spiro atoms. The molecule has 2 atom stereocenters. The average molecular weight is 511 g/mol. The highest BCUT2D eigenvalue weighted by Crippen LogP contribution is 2.36. The Hall–Kier alpha value is -2.72. The maximum absolute atomic E-state index is 12.9. The molecule has 1 heterocycles. The van der Waals surface area contributed by atoms with Crippen LogP contribution in [0.5, 0.6) is 0 Å². The van der Waals surface area contributed by atoms with E-state index in [4.69, 9.17) is 27.9 Å². The number of carbonyl (C=O) groups excluding carboxylic acids is 3. The summed E-state index contributed by atoms with van der Waals surface area (Å²) in [6.07, 6.45) is 3.82. The molecule has 1 fully saturated rings. The van der Waals surface area contributed by atoms with Gasteiger partial charge in [-0.05, 0) is 74.6 Å². The number of alkyl halides is 1. The van der Waals surface area contributed by atoms with Gasteiger partial charge in [-0.1, -0.05) is 11.6 Å². The van der Waals surface area contributed by atoms with Crippen LogP contribution >= 0.6 is 23.2 Å². The maximum Gasteiger partial charge on any atom is 0.306 e. The van der Waals surface area contributed by atoms with Gasteiger partial charge in [-0.25, -0.2) is 0 Å². The standard InChI is InChI=1S/C22H28Cl2N6O4/c1-22(2,3)34-21(33)9-5-14-4-7-17(14)29(20(32)11-23)12-19(31)26-16-10-15(24)6-8-18(16)30-13-25-27-28-30/h6,8,10,13-14,17H,4-5,7,9,11-12H2,1-3H3,(H,26,31). The predicted octanol–water partition coefficient (Wildman–Crippen LogP) is 3.22. The minimum Gasteiger partial charge on any atom is -0.460 e. The van der Waals surface area contributed by atoms with Crippen molar-refractivity contribution >= 4 is 46.7 Å². The van der Waals surface area contributed by atoms with Crippen LogP contribution in [0.4, 0.5) is 5.69 Å². The molecule has 34 heavy (non-hydrogen) atoms. The maximum atomic E-state index is 12.9. The second-order valence-electron chi connectivity index (χ2n) is 9.15. The molecule has 2 unspecified atom stereocenters. The summed E-state index contributed by atoms with van der Waals surface area (Å²) in [5.74, 6) is -1.17. The van der Waals surface area contributed by atoms with Crippen molar-refractivity contribution in [3.63, 3.8) is 0 Å². The van der Waals surface area contributed by atoms with E-state index in [0.717, 1.165) is 12.8 Å². The number of tetrazole rings is 1. The quantitative estimate of drug-likeness (QED) is 0.406. The zero-order chi connectivity index (χ0) is 24.9. The first-order valence-electron chi connectivity index (χ1n) is 11.0. The minimum absolute atomic E-state index is 0.0930. The van der Waals surface area contributed by atoms with Crippen molar-refractivity contribution in [2.45, 2.75) is 58.1 Å². The summed E-state index contributed by atoms with van der Waals surface area (Å²) in [6.45, 7) is 5.28. The zero-order valence-corrected chi connectivity index (χ0v) is 20.8. The highest BCUT2D eigenvalue weighted by molar-refractivity contribution is 6.31. The van der Waals surface area contributed by atoms with Crippen LogP contribution in [-0.4, -0.2) is 67.0 Å². The fourth-order valence-corrected chi connectivity index (χ4v) is 4.21. The lowest BCUT2D eigenvalue weighted by Crippen LogP contribution is -2.53. The molecule has 2 amide bonds. The first kappa shape index (κ1) is 25.9. The van der Waals surface area contributed by atoms with Crippen molar-refractivity contribution in [3.05, 3.63) is 29.5 Å². The Morgan fingerprint density at radius 2 is 2.03 bits per heavy atom. The SMILES string of the molecule is CC(C)(C)OC(=O)CCC1CCC1N(CC(=O)Nc1cc(Cl)ccc1-n1cnnn1)C(=O)CCl. The van der Waals surface area contributed by atoms with Gasteiger partial charge < -0.3 is 15.0 Å². The molecule has 0 bridgehead atoms. The molecule has 2 aromatic rings. The number of rotatable bonds is 9. The van der Waals surface area contributed by atoms with Crippen LogP contribution < -0.4 is 5.32 Å². The van der Waals surface area contributed by atoms with Crippen LogP contribution in [0, 0.1) is 5.92 Å². The van der Waals surface area contributed by atoms with Gasteiger partial charge in [-0.2, -0.15) is 4.68 Å². The van der Waals surface area contributed by atoms with E-state index in [1.165, 1.54) is 15.9 Å². The van der Waals surface area contributed by atoms with Crippen molar-refractivity contribution in [3.8, 4) is 5.69 Å². The summed E-state index contributed by atoms with van der Waals surface area (Å²) in [4.78, 5) is 39.1. The van der Waals surface area contributed by atoms with Crippen LogP contribution in [0.25, 0.3) is 5.69 Å². The van der Waals surface area contributed by atoms with Crippen molar-refractivity contribution < 1.29 is 19.1 Å². The lowest BCUT2D eigenvalue weighted by Gasteiger charge is -2.44. The topological polar surface area (TPSA) is 119 Å². The summed E-state index contributed by atoms with van der Waals surface area (Å²) < 4.78 is 6.77. The molecule has 184 valence electrons.